The molecule has 4 nitrogen and oxygen atoms in total. The molecule has 4 heteroatoms. The summed E-state index contributed by atoms with van der Waals surface area (Å²) in [6, 6.07) is 15.8. The number of para-hydroxylation sites is 1. The topological polar surface area (TPSA) is 58.2 Å². The highest BCUT2D eigenvalue weighted by Crippen LogP contribution is 2.11. The van der Waals surface area contributed by atoms with Gasteiger partial charge in [0.2, 0.25) is 0 Å². The van der Waals surface area contributed by atoms with Gasteiger partial charge in [-0.2, -0.15) is 0 Å². The maximum atomic E-state index is 12.3. The molecule has 0 fully saturated rings. The molecule has 0 saturated heterocycles. The molecule has 122 valence electrons. The van der Waals surface area contributed by atoms with Crippen LogP contribution in [-0.4, -0.2) is 11.8 Å². The average Bonchev–Trinajstić information content (AvgIpc) is 2.62. The van der Waals surface area contributed by atoms with E-state index in [-0.39, 0.29) is 11.8 Å². The molecule has 0 heterocycles. The number of amides is 2. The van der Waals surface area contributed by atoms with Gasteiger partial charge in [-0.05, 0) is 50.3 Å². The summed E-state index contributed by atoms with van der Waals surface area (Å²) in [5.74, 6) is -0.508. The Morgan fingerprint density at radius 2 is 1.54 bits per heavy atom. The van der Waals surface area contributed by atoms with Crippen LogP contribution in [0.3, 0.4) is 0 Å². The maximum Gasteiger partial charge on any atom is 0.255 e. The molecule has 0 bridgehead atoms. The van der Waals surface area contributed by atoms with Crippen molar-refractivity contribution in [1.82, 2.24) is 5.32 Å². The van der Waals surface area contributed by atoms with Gasteiger partial charge in [-0.1, -0.05) is 36.4 Å². The van der Waals surface area contributed by atoms with E-state index in [0.717, 1.165) is 0 Å². The first-order valence-corrected chi connectivity index (χ1v) is 7.71. The Balaban J connectivity index is 2.13. The van der Waals surface area contributed by atoms with Gasteiger partial charge in [0.25, 0.3) is 11.8 Å². The molecule has 0 saturated carbocycles. The molecule has 0 atom stereocenters. The molecular weight excluding hydrogens is 300 g/mol. The molecule has 0 aliphatic carbocycles. The summed E-state index contributed by atoms with van der Waals surface area (Å²) in [7, 11) is 0. The van der Waals surface area contributed by atoms with Crippen LogP contribution in [0.5, 0.6) is 0 Å². The molecule has 2 aromatic carbocycles. The second kappa shape index (κ2) is 8.48. The lowest BCUT2D eigenvalue weighted by Gasteiger charge is -2.08. The van der Waals surface area contributed by atoms with Gasteiger partial charge in [0, 0.05) is 22.5 Å². The van der Waals surface area contributed by atoms with Crippen molar-refractivity contribution in [3.63, 3.8) is 0 Å². The molecule has 0 unspecified atom stereocenters. The van der Waals surface area contributed by atoms with Gasteiger partial charge in [-0.3, -0.25) is 9.59 Å². The summed E-state index contributed by atoms with van der Waals surface area (Å²) in [6.07, 6.45) is 5.47. The lowest BCUT2D eigenvalue weighted by molar-refractivity contribution is 0.0967. The Labute approximate surface area is 141 Å². The van der Waals surface area contributed by atoms with E-state index in [4.69, 9.17) is 0 Å². The van der Waals surface area contributed by atoms with Crippen molar-refractivity contribution in [1.29, 1.82) is 0 Å². The Morgan fingerprint density at radius 1 is 0.875 bits per heavy atom. The molecule has 24 heavy (non-hydrogen) atoms. The summed E-state index contributed by atoms with van der Waals surface area (Å²) in [5, 5.41) is 5.61. The van der Waals surface area contributed by atoms with Crippen molar-refractivity contribution >= 4 is 17.5 Å². The molecule has 2 N–H and O–H groups in total. The summed E-state index contributed by atoms with van der Waals surface area (Å²) >= 11 is 0. The fourth-order valence-electron chi connectivity index (χ4n) is 2.12. The number of anilines is 1. The van der Waals surface area contributed by atoms with Gasteiger partial charge in [-0.25, -0.2) is 0 Å². The second-order valence-electron chi connectivity index (χ2n) is 5.10. The molecule has 0 aromatic heterocycles. The zero-order valence-corrected chi connectivity index (χ0v) is 13.7. The summed E-state index contributed by atoms with van der Waals surface area (Å²) in [6.45, 7) is 3.73. The first-order valence-electron chi connectivity index (χ1n) is 7.71. The zero-order valence-electron chi connectivity index (χ0n) is 13.7. The van der Waals surface area contributed by atoms with Gasteiger partial charge in [0.15, 0.2) is 0 Å². The molecule has 0 aliphatic heterocycles. The Hall–Kier alpha value is -3.14. The van der Waals surface area contributed by atoms with E-state index in [9.17, 15) is 9.59 Å². The first-order chi connectivity index (χ1) is 11.6. The minimum atomic E-state index is -0.254. The van der Waals surface area contributed by atoms with Gasteiger partial charge in [-0.15, -0.1) is 0 Å². The third kappa shape index (κ3) is 4.68. The number of carbonyl (C=O) groups excluding carboxylic acids is 2. The highest BCUT2D eigenvalue weighted by molar-refractivity contribution is 6.06. The van der Waals surface area contributed by atoms with Crippen molar-refractivity contribution in [2.24, 2.45) is 0 Å². The normalized spacial score (nSPS) is 11.3. The lowest BCUT2D eigenvalue weighted by atomic mass is 10.1. The number of nitrogens with one attached hydrogen (secondary N) is 2. The molecule has 0 aliphatic rings. The third-order valence-electron chi connectivity index (χ3n) is 3.33. The highest BCUT2D eigenvalue weighted by Gasteiger charge is 2.11. The van der Waals surface area contributed by atoms with Crippen molar-refractivity contribution in [3.05, 3.63) is 89.6 Å². The Bertz CT molecular complexity index is 777. The molecule has 0 spiro atoms. The average molecular weight is 320 g/mol. The molecule has 2 amide bonds. The summed E-state index contributed by atoms with van der Waals surface area (Å²) < 4.78 is 0. The Morgan fingerprint density at radius 3 is 2.17 bits per heavy atom. The predicted octanol–water partition coefficient (Wildman–Crippen LogP) is 4.15. The van der Waals surface area contributed by atoms with Gasteiger partial charge < -0.3 is 10.6 Å². The largest absolute Gasteiger partial charge is 0.322 e. The zero-order chi connectivity index (χ0) is 17.4. The Kier molecular flexibility index (Phi) is 6.08. The fraction of sp³-hybridized carbons (Fsp3) is 0.100. The van der Waals surface area contributed by atoms with E-state index in [1.165, 1.54) is 0 Å². The van der Waals surface area contributed by atoms with Crippen molar-refractivity contribution in [2.75, 3.05) is 5.32 Å². The number of hydrogen-bond donors (Lipinski definition) is 2. The van der Waals surface area contributed by atoms with Crippen LogP contribution in [0, 0.1) is 0 Å². The van der Waals surface area contributed by atoms with Crippen LogP contribution in [0.2, 0.25) is 0 Å². The number of hydrogen-bond acceptors (Lipinski definition) is 2. The second-order valence-corrected chi connectivity index (χ2v) is 5.10. The van der Waals surface area contributed by atoms with E-state index in [1.54, 1.807) is 24.3 Å². The highest BCUT2D eigenvalue weighted by atomic mass is 16.2. The molecular formula is C20H20N2O2. The minimum absolute atomic E-state index is 0.254. The van der Waals surface area contributed by atoms with Crippen LogP contribution in [-0.2, 0) is 0 Å². The number of rotatable bonds is 5. The van der Waals surface area contributed by atoms with Crippen molar-refractivity contribution in [3.8, 4) is 0 Å². The first kappa shape index (κ1) is 17.2. The van der Waals surface area contributed by atoms with Crippen LogP contribution in [0.25, 0.3) is 0 Å². The monoisotopic (exact) mass is 320 g/mol. The fourth-order valence-corrected chi connectivity index (χ4v) is 2.12. The van der Waals surface area contributed by atoms with Crippen LogP contribution in [0.15, 0.2) is 78.5 Å². The quantitative estimate of drug-likeness (QED) is 0.813. The molecule has 2 aromatic rings. The number of carbonyl (C=O) groups is 2. The third-order valence-corrected chi connectivity index (χ3v) is 3.33. The van der Waals surface area contributed by atoms with Crippen molar-refractivity contribution < 1.29 is 9.59 Å². The van der Waals surface area contributed by atoms with E-state index in [1.807, 2.05) is 62.4 Å². The van der Waals surface area contributed by atoms with Crippen LogP contribution in [0.1, 0.15) is 34.6 Å². The van der Waals surface area contributed by atoms with E-state index in [0.29, 0.717) is 22.5 Å². The standard InChI is InChI=1S/C20H20N2O2/c1-3-9-17(4-2)21-19(23)15-10-8-11-16(14-15)20(24)22-18-12-6-5-7-13-18/h3-14H,1-2H3,(H,21,23)(H,22,24)/b9-3-,17-4+. The SMILES string of the molecule is C/C=C\C(=C/C)NC(=O)c1cccc(C(=O)Nc2ccccc2)c1. The van der Waals surface area contributed by atoms with Gasteiger partial charge in [0.1, 0.15) is 0 Å². The number of allylic oxidation sites excluding steroid dienone is 3. The van der Waals surface area contributed by atoms with Crippen molar-refractivity contribution in [2.45, 2.75) is 13.8 Å². The summed E-state index contributed by atoms with van der Waals surface area (Å²) in [4.78, 5) is 24.6. The minimum Gasteiger partial charge on any atom is -0.322 e. The summed E-state index contributed by atoms with van der Waals surface area (Å²) in [5.41, 5.74) is 2.28. The predicted molar refractivity (Wildman–Crippen MR) is 96.9 cm³/mol. The lowest BCUT2D eigenvalue weighted by Crippen LogP contribution is -2.22. The van der Waals surface area contributed by atoms with Gasteiger partial charge in [0.05, 0.1) is 0 Å². The van der Waals surface area contributed by atoms with Gasteiger partial charge >= 0.3 is 0 Å². The van der Waals surface area contributed by atoms with Crippen LogP contribution in [0.4, 0.5) is 5.69 Å². The van der Waals surface area contributed by atoms with E-state index in [2.05, 4.69) is 10.6 Å². The van der Waals surface area contributed by atoms with E-state index >= 15 is 0 Å². The number of benzene rings is 2. The smallest absolute Gasteiger partial charge is 0.255 e. The van der Waals surface area contributed by atoms with Crippen LogP contribution < -0.4 is 10.6 Å². The van der Waals surface area contributed by atoms with E-state index < -0.39 is 0 Å². The maximum absolute atomic E-state index is 12.3. The van der Waals surface area contributed by atoms with Crippen LogP contribution >= 0.6 is 0 Å². The molecule has 0 radical (unpaired) electrons. The molecule has 2 rings (SSSR count).